The Morgan fingerprint density at radius 2 is 1.72 bits per heavy atom. The number of hydrogen-bond acceptors (Lipinski definition) is 3. The van der Waals surface area contributed by atoms with Crippen LogP contribution in [0.25, 0.3) is 11.3 Å². The van der Waals surface area contributed by atoms with Gasteiger partial charge in [0.15, 0.2) is 0 Å². The quantitative estimate of drug-likeness (QED) is 0.804. The van der Waals surface area contributed by atoms with Gasteiger partial charge in [0.1, 0.15) is 6.04 Å². The lowest BCUT2D eigenvalue weighted by Crippen LogP contribution is -2.38. The summed E-state index contributed by atoms with van der Waals surface area (Å²) in [4.78, 5) is 37.5. The van der Waals surface area contributed by atoms with E-state index in [0.29, 0.717) is 22.4 Å². The molecule has 6 heteroatoms. The highest BCUT2D eigenvalue weighted by atomic mass is 16.4. The second-order valence-electron chi connectivity index (χ2n) is 7.93. The van der Waals surface area contributed by atoms with E-state index in [2.05, 4.69) is 5.32 Å². The Labute approximate surface area is 170 Å². The van der Waals surface area contributed by atoms with Crippen LogP contribution in [0.1, 0.15) is 66.6 Å². The summed E-state index contributed by atoms with van der Waals surface area (Å²) in [5, 5.41) is 12.6. The van der Waals surface area contributed by atoms with E-state index >= 15 is 0 Å². The number of carbonyl (C=O) groups excluding carboxylic acids is 1. The molecule has 1 aliphatic carbocycles. The van der Waals surface area contributed by atoms with Crippen molar-refractivity contribution in [1.29, 1.82) is 0 Å². The summed E-state index contributed by atoms with van der Waals surface area (Å²) >= 11 is 0. The number of rotatable bonds is 5. The van der Waals surface area contributed by atoms with E-state index in [4.69, 9.17) is 0 Å². The number of hydrogen-bond donors (Lipinski definition) is 2. The van der Waals surface area contributed by atoms with E-state index in [0.717, 1.165) is 31.2 Å². The Morgan fingerprint density at radius 3 is 2.31 bits per heavy atom. The number of amides is 1. The normalized spacial score (nSPS) is 15.7. The number of nitrogens with zero attached hydrogens (tertiary/aromatic N) is 1. The summed E-state index contributed by atoms with van der Waals surface area (Å²) < 4.78 is 1.26. The zero-order chi connectivity index (χ0) is 21.1. The molecule has 154 valence electrons. The van der Waals surface area contributed by atoms with Crippen molar-refractivity contribution in [2.45, 2.75) is 65.0 Å². The van der Waals surface area contributed by atoms with E-state index in [1.807, 2.05) is 31.2 Å². The number of aryl methyl sites for hydroxylation is 1. The Balaban J connectivity index is 2.12. The van der Waals surface area contributed by atoms with Crippen LogP contribution in [0.15, 0.2) is 35.1 Å². The van der Waals surface area contributed by atoms with Crippen LogP contribution in [0.4, 0.5) is 0 Å². The fourth-order valence-electron chi connectivity index (χ4n) is 4.03. The fourth-order valence-corrected chi connectivity index (χ4v) is 4.03. The van der Waals surface area contributed by atoms with Crippen LogP contribution < -0.4 is 10.9 Å². The van der Waals surface area contributed by atoms with Crippen LogP contribution >= 0.6 is 0 Å². The van der Waals surface area contributed by atoms with Crippen LogP contribution in [-0.2, 0) is 4.79 Å². The molecule has 0 aliphatic heterocycles. The van der Waals surface area contributed by atoms with Crippen molar-refractivity contribution in [2.24, 2.45) is 0 Å². The van der Waals surface area contributed by atoms with Gasteiger partial charge in [0.05, 0.1) is 5.69 Å². The molecule has 1 saturated carbocycles. The first-order chi connectivity index (χ1) is 13.8. The molecule has 2 aromatic rings. The minimum atomic E-state index is -1.10. The lowest BCUT2D eigenvalue weighted by molar-refractivity contribution is -0.140. The molecule has 3 rings (SSSR count). The summed E-state index contributed by atoms with van der Waals surface area (Å²) in [5.74, 6) is -1.37. The SMILES string of the molecule is Cc1ccc(-c2c(C)c(C(=O)NC3CCCCC3)cc(=O)n2C(C)C(=O)O)cc1. The van der Waals surface area contributed by atoms with Crippen molar-refractivity contribution in [3.8, 4) is 11.3 Å². The van der Waals surface area contributed by atoms with Crippen molar-refractivity contribution < 1.29 is 14.7 Å². The van der Waals surface area contributed by atoms with Gasteiger partial charge >= 0.3 is 5.97 Å². The molecule has 1 atom stereocenters. The third-order valence-corrected chi connectivity index (χ3v) is 5.76. The third-order valence-electron chi connectivity index (χ3n) is 5.76. The first-order valence-corrected chi connectivity index (χ1v) is 10.2. The number of benzene rings is 1. The van der Waals surface area contributed by atoms with Crippen molar-refractivity contribution in [3.05, 3.63) is 57.4 Å². The molecule has 1 heterocycles. The summed E-state index contributed by atoms with van der Waals surface area (Å²) in [6, 6.07) is 7.86. The van der Waals surface area contributed by atoms with Crippen LogP contribution in [-0.4, -0.2) is 27.6 Å². The molecule has 1 aliphatic rings. The first-order valence-electron chi connectivity index (χ1n) is 10.2. The van der Waals surface area contributed by atoms with Gasteiger partial charge in [-0.2, -0.15) is 0 Å². The maximum absolute atomic E-state index is 13.0. The highest BCUT2D eigenvalue weighted by molar-refractivity contribution is 5.97. The van der Waals surface area contributed by atoms with Crippen molar-refractivity contribution in [3.63, 3.8) is 0 Å². The van der Waals surface area contributed by atoms with Gasteiger partial charge in [-0.15, -0.1) is 0 Å². The first kappa shape index (κ1) is 20.8. The number of carbonyl (C=O) groups is 2. The fraction of sp³-hybridized carbons (Fsp3) is 0.435. The van der Waals surface area contributed by atoms with Crippen LogP contribution in [0.3, 0.4) is 0 Å². The van der Waals surface area contributed by atoms with E-state index < -0.39 is 17.6 Å². The molecule has 2 N–H and O–H groups in total. The number of pyridine rings is 1. The highest BCUT2D eigenvalue weighted by Gasteiger charge is 2.25. The number of nitrogens with one attached hydrogen (secondary N) is 1. The Kier molecular flexibility index (Phi) is 6.20. The average molecular weight is 396 g/mol. The standard InChI is InChI=1S/C23H28N2O4/c1-14-9-11-17(12-10-14)21-15(2)19(13-20(26)25(21)16(3)23(28)29)22(27)24-18-7-5-4-6-8-18/h9-13,16,18H,4-8H2,1-3H3,(H,24,27)(H,28,29). The molecule has 1 amide bonds. The maximum Gasteiger partial charge on any atom is 0.326 e. The molecule has 0 spiro atoms. The van der Waals surface area contributed by atoms with Crippen LogP contribution in [0.5, 0.6) is 0 Å². The van der Waals surface area contributed by atoms with Gasteiger partial charge in [0.2, 0.25) is 0 Å². The molecule has 29 heavy (non-hydrogen) atoms. The van der Waals surface area contributed by atoms with Gasteiger partial charge in [0, 0.05) is 17.7 Å². The van der Waals surface area contributed by atoms with E-state index in [-0.39, 0.29) is 11.9 Å². The molecular weight excluding hydrogens is 368 g/mol. The topological polar surface area (TPSA) is 88.4 Å². The zero-order valence-electron chi connectivity index (χ0n) is 17.2. The predicted octanol–water partition coefficient (Wildman–Crippen LogP) is 3.84. The number of carboxylic acids is 1. The second-order valence-corrected chi connectivity index (χ2v) is 7.93. The molecule has 1 fully saturated rings. The maximum atomic E-state index is 13.0. The molecule has 0 saturated heterocycles. The summed E-state index contributed by atoms with van der Waals surface area (Å²) in [6.07, 6.45) is 5.27. The van der Waals surface area contributed by atoms with Crippen LogP contribution in [0.2, 0.25) is 0 Å². The Morgan fingerprint density at radius 1 is 1.10 bits per heavy atom. The van der Waals surface area contributed by atoms with Gasteiger partial charge in [-0.1, -0.05) is 49.1 Å². The lowest BCUT2D eigenvalue weighted by Gasteiger charge is -2.25. The number of carboxylic acid groups (broad SMARTS) is 1. The van der Waals surface area contributed by atoms with Crippen molar-refractivity contribution >= 4 is 11.9 Å². The monoisotopic (exact) mass is 396 g/mol. The molecule has 0 radical (unpaired) electrons. The van der Waals surface area contributed by atoms with Crippen LogP contribution in [0, 0.1) is 13.8 Å². The lowest BCUT2D eigenvalue weighted by atomic mass is 9.94. The summed E-state index contributed by atoms with van der Waals surface area (Å²) in [6.45, 7) is 5.20. The third kappa shape index (κ3) is 4.42. The summed E-state index contributed by atoms with van der Waals surface area (Å²) in [5.41, 5.74) is 2.67. The van der Waals surface area contributed by atoms with Gasteiger partial charge in [-0.25, -0.2) is 4.79 Å². The number of aliphatic carboxylic acids is 1. The average Bonchev–Trinajstić information content (AvgIpc) is 2.70. The van der Waals surface area contributed by atoms with Gasteiger partial charge in [-0.05, 0) is 44.7 Å². The molecule has 6 nitrogen and oxygen atoms in total. The van der Waals surface area contributed by atoms with E-state index in [1.54, 1.807) is 6.92 Å². The highest BCUT2D eigenvalue weighted by Crippen LogP contribution is 2.28. The molecule has 1 aromatic carbocycles. The van der Waals surface area contributed by atoms with Crippen molar-refractivity contribution in [1.82, 2.24) is 9.88 Å². The van der Waals surface area contributed by atoms with E-state index in [9.17, 15) is 19.5 Å². The van der Waals surface area contributed by atoms with Gasteiger partial charge in [-0.3, -0.25) is 14.2 Å². The Bertz CT molecular complexity index is 970. The van der Waals surface area contributed by atoms with Crippen molar-refractivity contribution in [2.75, 3.05) is 0 Å². The number of aromatic nitrogens is 1. The predicted molar refractivity (Wildman–Crippen MR) is 112 cm³/mol. The minimum absolute atomic E-state index is 0.124. The molecular formula is C23H28N2O4. The Hall–Kier alpha value is -2.89. The summed E-state index contributed by atoms with van der Waals surface area (Å²) in [7, 11) is 0. The zero-order valence-corrected chi connectivity index (χ0v) is 17.2. The molecule has 0 bridgehead atoms. The van der Waals surface area contributed by atoms with E-state index in [1.165, 1.54) is 24.0 Å². The molecule has 1 unspecified atom stereocenters. The van der Waals surface area contributed by atoms with Gasteiger partial charge < -0.3 is 10.4 Å². The smallest absolute Gasteiger partial charge is 0.326 e. The molecule has 1 aromatic heterocycles. The second kappa shape index (κ2) is 8.64. The largest absolute Gasteiger partial charge is 0.480 e. The minimum Gasteiger partial charge on any atom is -0.480 e. The van der Waals surface area contributed by atoms with Gasteiger partial charge in [0.25, 0.3) is 11.5 Å².